The highest BCUT2D eigenvalue weighted by Gasteiger charge is 2.07. The Balaban J connectivity index is 2.60. The van der Waals surface area contributed by atoms with Gasteiger partial charge in [-0.1, -0.05) is 11.8 Å². The van der Waals surface area contributed by atoms with Crippen molar-refractivity contribution in [1.29, 1.82) is 0 Å². The number of hydrogen-bond donors (Lipinski definition) is 2. The fourth-order valence-electron chi connectivity index (χ4n) is 1.77. The third-order valence-corrected chi connectivity index (χ3v) is 3.15. The molecule has 1 unspecified atom stereocenters. The lowest BCUT2D eigenvalue weighted by molar-refractivity contribution is -0.116. The molecule has 1 aromatic rings. The summed E-state index contributed by atoms with van der Waals surface area (Å²) in [6.45, 7) is 3.95. The number of aryl methyl sites for hydroxylation is 1. The minimum absolute atomic E-state index is 0.0129. The number of rotatable bonds is 6. The van der Waals surface area contributed by atoms with E-state index in [1.165, 1.54) is 0 Å². The third kappa shape index (κ3) is 6.44. The van der Waals surface area contributed by atoms with Gasteiger partial charge in [-0.15, -0.1) is 0 Å². The van der Waals surface area contributed by atoms with E-state index in [4.69, 9.17) is 9.84 Å². The van der Waals surface area contributed by atoms with Gasteiger partial charge in [0.05, 0.1) is 12.7 Å². The van der Waals surface area contributed by atoms with Crippen molar-refractivity contribution >= 4 is 11.6 Å². The van der Waals surface area contributed by atoms with Crippen molar-refractivity contribution in [2.45, 2.75) is 39.2 Å². The molecule has 1 amide bonds. The first-order valence-electron chi connectivity index (χ1n) is 7.10. The van der Waals surface area contributed by atoms with E-state index < -0.39 is 0 Å². The van der Waals surface area contributed by atoms with Crippen LogP contribution in [0, 0.1) is 18.8 Å². The van der Waals surface area contributed by atoms with Gasteiger partial charge in [-0.3, -0.25) is 4.79 Å². The number of anilines is 1. The van der Waals surface area contributed by atoms with Crippen LogP contribution in [0.3, 0.4) is 0 Å². The van der Waals surface area contributed by atoms with E-state index >= 15 is 0 Å². The van der Waals surface area contributed by atoms with Gasteiger partial charge in [0.15, 0.2) is 0 Å². The second-order valence-electron chi connectivity index (χ2n) is 4.94. The average Bonchev–Trinajstić information content (AvgIpc) is 2.47. The standard InChI is InChI=1S/C17H23NO3/c1-13-12-15(6-4-5-11-19)8-9-16(13)18-17(20)10-7-14(2)21-3/h8-9,12,14,19H,5,7,10-11H2,1-3H3,(H,18,20). The van der Waals surface area contributed by atoms with Crippen molar-refractivity contribution in [2.24, 2.45) is 0 Å². The topological polar surface area (TPSA) is 58.6 Å². The van der Waals surface area contributed by atoms with Crippen LogP contribution < -0.4 is 5.32 Å². The summed E-state index contributed by atoms with van der Waals surface area (Å²) < 4.78 is 5.12. The van der Waals surface area contributed by atoms with E-state index in [0.29, 0.717) is 19.3 Å². The van der Waals surface area contributed by atoms with Crippen molar-refractivity contribution in [2.75, 3.05) is 19.0 Å². The molecule has 0 aliphatic carbocycles. The van der Waals surface area contributed by atoms with Crippen LogP contribution in [0.1, 0.15) is 37.3 Å². The minimum Gasteiger partial charge on any atom is -0.395 e. The fourth-order valence-corrected chi connectivity index (χ4v) is 1.77. The largest absolute Gasteiger partial charge is 0.395 e. The molecule has 0 saturated carbocycles. The maximum atomic E-state index is 11.9. The molecule has 4 heteroatoms. The van der Waals surface area contributed by atoms with Crippen molar-refractivity contribution in [1.82, 2.24) is 0 Å². The molecule has 0 heterocycles. The SMILES string of the molecule is COC(C)CCC(=O)Nc1ccc(C#CCCO)cc1C. The van der Waals surface area contributed by atoms with Crippen LogP contribution in [0.25, 0.3) is 0 Å². The molecule has 0 saturated heterocycles. The van der Waals surface area contributed by atoms with Gasteiger partial charge in [0.25, 0.3) is 0 Å². The highest BCUT2D eigenvalue weighted by Crippen LogP contribution is 2.16. The lowest BCUT2D eigenvalue weighted by Gasteiger charge is -2.11. The van der Waals surface area contributed by atoms with E-state index in [1.807, 2.05) is 32.0 Å². The van der Waals surface area contributed by atoms with Crippen LogP contribution in [-0.4, -0.2) is 30.8 Å². The number of nitrogens with one attached hydrogen (secondary N) is 1. The average molecular weight is 289 g/mol. The second kappa shape index (κ2) is 9.17. The van der Waals surface area contributed by atoms with Gasteiger partial charge in [-0.05, 0) is 44.0 Å². The van der Waals surface area contributed by atoms with Crippen molar-refractivity contribution < 1.29 is 14.6 Å². The molecule has 2 N–H and O–H groups in total. The van der Waals surface area contributed by atoms with E-state index in [1.54, 1.807) is 7.11 Å². The maximum Gasteiger partial charge on any atom is 0.224 e. The Labute approximate surface area is 126 Å². The molecule has 0 aliphatic heterocycles. The van der Waals surface area contributed by atoms with E-state index in [0.717, 1.165) is 16.8 Å². The van der Waals surface area contributed by atoms with E-state index in [9.17, 15) is 4.79 Å². The van der Waals surface area contributed by atoms with Crippen LogP contribution in [0.15, 0.2) is 18.2 Å². The van der Waals surface area contributed by atoms with Crippen LogP contribution in [0.5, 0.6) is 0 Å². The van der Waals surface area contributed by atoms with Crippen molar-refractivity contribution in [3.63, 3.8) is 0 Å². The van der Waals surface area contributed by atoms with Crippen molar-refractivity contribution in [3.8, 4) is 11.8 Å². The molecule has 0 aromatic heterocycles. The Morgan fingerprint density at radius 1 is 1.48 bits per heavy atom. The summed E-state index contributed by atoms with van der Waals surface area (Å²) in [7, 11) is 1.64. The molecule has 114 valence electrons. The Kier molecular flexibility index (Phi) is 7.52. The molecule has 0 aliphatic rings. The monoisotopic (exact) mass is 289 g/mol. The molecule has 0 fully saturated rings. The summed E-state index contributed by atoms with van der Waals surface area (Å²) in [4.78, 5) is 11.9. The number of benzene rings is 1. The number of carbonyl (C=O) groups is 1. The smallest absolute Gasteiger partial charge is 0.224 e. The number of methoxy groups -OCH3 is 1. The molecule has 21 heavy (non-hydrogen) atoms. The molecule has 1 atom stereocenters. The summed E-state index contributed by atoms with van der Waals surface area (Å²) in [6, 6.07) is 5.65. The summed E-state index contributed by atoms with van der Waals surface area (Å²) >= 11 is 0. The normalized spacial score (nSPS) is 11.4. The van der Waals surface area contributed by atoms with Gasteiger partial charge in [0.2, 0.25) is 5.91 Å². The number of aliphatic hydroxyl groups is 1. The predicted molar refractivity (Wildman–Crippen MR) is 84.1 cm³/mol. The van der Waals surface area contributed by atoms with Gasteiger partial charge in [0, 0.05) is 31.2 Å². The first-order chi connectivity index (χ1) is 10.1. The van der Waals surface area contributed by atoms with Gasteiger partial charge in [0.1, 0.15) is 0 Å². The van der Waals surface area contributed by atoms with E-state index in [-0.39, 0.29) is 18.6 Å². The van der Waals surface area contributed by atoms with Crippen LogP contribution in [0.4, 0.5) is 5.69 Å². The van der Waals surface area contributed by atoms with Gasteiger partial charge in [-0.25, -0.2) is 0 Å². The molecule has 0 spiro atoms. The number of amides is 1. The van der Waals surface area contributed by atoms with Gasteiger partial charge in [-0.2, -0.15) is 0 Å². The third-order valence-electron chi connectivity index (χ3n) is 3.15. The Morgan fingerprint density at radius 3 is 2.86 bits per heavy atom. The zero-order valence-corrected chi connectivity index (χ0v) is 12.9. The molecule has 0 radical (unpaired) electrons. The van der Waals surface area contributed by atoms with Crippen LogP contribution >= 0.6 is 0 Å². The zero-order chi connectivity index (χ0) is 15.7. The predicted octanol–water partition coefficient (Wildman–Crippen LogP) is 2.48. The first kappa shape index (κ1) is 17.2. The summed E-state index contributed by atoms with van der Waals surface area (Å²) in [5.41, 5.74) is 2.66. The van der Waals surface area contributed by atoms with Crippen molar-refractivity contribution in [3.05, 3.63) is 29.3 Å². The summed E-state index contributed by atoms with van der Waals surface area (Å²) in [5, 5.41) is 11.6. The van der Waals surface area contributed by atoms with Crippen LogP contribution in [-0.2, 0) is 9.53 Å². The van der Waals surface area contributed by atoms with Crippen LogP contribution in [0.2, 0.25) is 0 Å². The zero-order valence-electron chi connectivity index (χ0n) is 12.9. The molecular weight excluding hydrogens is 266 g/mol. The molecule has 4 nitrogen and oxygen atoms in total. The number of carbonyl (C=O) groups excluding carboxylic acids is 1. The molecule has 1 rings (SSSR count). The quantitative estimate of drug-likeness (QED) is 0.791. The lowest BCUT2D eigenvalue weighted by atomic mass is 10.1. The first-order valence-corrected chi connectivity index (χ1v) is 7.10. The Hall–Kier alpha value is -1.83. The number of hydrogen-bond acceptors (Lipinski definition) is 3. The maximum absolute atomic E-state index is 11.9. The summed E-state index contributed by atoms with van der Waals surface area (Å²) in [5.74, 6) is 5.84. The van der Waals surface area contributed by atoms with E-state index in [2.05, 4.69) is 17.2 Å². The molecular formula is C17H23NO3. The number of ether oxygens (including phenoxy) is 1. The highest BCUT2D eigenvalue weighted by molar-refractivity contribution is 5.91. The highest BCUT2D eigenvalue weighted by atomic mass is 16.5. The lowest BCUT2D eigenvalue weighted by Crippen LogP contribution is -2.15. The molecule has 1 aromatic carbocycles. The minimum atomic E-state index is -0.0129. The second-order valence-corrected chi connectivity index (χ2v) is 4.94. The fraction of sp³-hybridized carbons (Fsp3) is 0.471. The van der Waals surface area contributed by atoms with Gasteiger partial charge >= 0.3 is 0 Å². The Morgan fingerprint density at radius 2 is 2.24 bits per heavy atom. The van der Waals surface area contributed by atoms with Gasteiger partial charge < -0.3 is 15.2 Å². The molecule has 0 bridgehead atoms. The Bertz CT molecular complexity index is 529. The number of aliphatic hydroxyl groups excluding tert-OH is 1. The summed E-state index contributed by atoms with van der Waals surface area (Å²) in [6.07, 6.45) is 1.69.